The van der Waals surface area contributed by atoms with Crippen molar-refractivity contribution in [2.75, 3.05) is 13.2 Å². The van der Waals surface area contributed by atoms with Crippen LogP contribution in [0.25, 0.3) is 0 Å². The topological polar surface area (TPSA) is 46.2 Å². The molecule has 0 aliphatic heterocycles. The van der Waals surface area contributed by atoms with Gasteiger partial charge < -0.3 is 10.8 Å². The van der Waals surface area contributed by atoms with E-state index in [2.05, 4.69) is 13.8 Å². The first-order valence-corrected chi connectivity index (χ1v) is 4.53. The maximum atomic E-state index is 8.52. The van der Waals surface area contributed by atoms with E-state index in [9.17, 15) is 0 Å². The highest BCUT2D eigenvalue weighted by Crippen LogP contribution is 2.01. The molecule has 2 nitrogen and oxygen atoms in total. The standard InChI is InChI=1S/C6H15NO.C3H8/c1-6(5-8)3-2-4-7;1-3-2/h6,8H,2-5,7H2,1H3;3H2,1-2H3. The average molecular weight is 161 g/mol. The van der Waals surface area contributed by atoms with Gasteiger partial charge in [-0.15, -0.1) is 0 Å². The van der Waals surface area contributed by atoms with Crippen molar-refractivity contribution < 1.29 is 5.11 Å². The van der Waals surface area contributed by atoms with E-state index in [1.807, 2.05) is 6.92 Å². The number of hydrogen-bond acceptors (Lipinski definition) is 2. The van der Waals surface area contributed by atoms with Gasteiger partial charge in [0.25, 0.3) is 0 Å². The summed E-state index contributed by atoms with van der Waals surface area (Å²) in [7, 11) is 0. The first-order valence-electron chi connectivity index (χ1n) is 4.53. The van der Waals surface area contributed by atoms with Crippen LogP contribution in [0.3, 0.4) is 0 Å². The fraction of sp³-hybridized carbons (Fsp3) is 1.00. The lowest BCUT2D eigenvalue weighted by Crippen LogP contribution is -2.05. The van der Waals surface area contributed by atoms with Crippen LogP contribution in [0.1, 0.15) is 40.0 Å². The largest absolute Gasteiger partial charge is 0.396 e. The van der Waals surface area contributed by atoms with E-state index in [0.29, 0.717) is 12.5 Å². The molecular weight excluding hydrogens is 138 g/mol. The van der Waals surface area contributed by atoms with Gasteiger partial charge in [0.1, 0.15) is 0 Å². The minimum Gasteiger partial charge on any atom is -0.396 e. The molecule has 0 aromatic carbocycles. The summed E-state index contributed by atoms with van der Waals surface area (Å²) in [5, 5.41) is 8.52. The highest BCUT2D eigenvalue weighted by Gasteiger charge is 1.96. The molecule has 3 N–H and O–H groups in total. The van der Waals surface area contributed by atoms with E-state index in [4.69, 9.17) is 10.8 Å². The minimum absolute atomic E-state index is 0.292. The maximum Gasteiger partial charge on any atom is 0.0456 e. The summed E-state index contributed by atoms with van der Waals surface area (Å²) in [6.45, 7) is 7.31. The third-order valence-electron chi connectivity index (χ3n) is 1.21. The molecule has 0 radical (unpaired) electrons. The molecule has 0 saturated carbocycles. The highest BCUT2D eigenvalue weighted by atomic mass is 16.3. The van der Waals surface area contributed by atoms with Gasteiger partial charge in [-0.1, -0.05) is 27.2 Å². The first kappa shape index (κ1) is 13.5. The van der Waals surface area contributed by atoms with Crippen LogP contribution in [0.5, 0.6) is 0 Å². The molecule has 11 heavy (non-hydrogen) atoms. The van der Waals surface area contributed by atoms with Crippen LogP contribution in [-0.4, -0.2) is 18.3 Å². The van der Waals surface area contributed by atoms with Crippen LogP contribution >= 0.6 is 0 Å². The zero-order valence-electron chi connectivity index (χ0n) is 8.14. The van der Waals surface area contributed by atoms with Crippen molar-refractivity contribution in [3.05, 3.63) is 0 Å². The van der Waals surface area contributed by atoms with Gasteiger partial charge in [-0.2, -0.15) is 0 Å². The van der Waals surface area contributed by atoms with E-state index in [1.54, 1.807) is 0 Å². The predicted octanol–water partition coefficient (Wildman–Crippen LogP) is 1.77. The Kier molecular flexibility index (Phi) is 15.4. The second-order valence-corrected chi connectivity index (χ2v) is 2.93. The first-order chi connectivity index (χ1) is 5.22. The molecule has 0 amide bonds. The Labute approximate surface area is 70.8 Å². The molecule has 0 bridgehead atoms. The van der Waals surface area contributed by atoms with E-state index in [1.165, 1.54) is 6.42 Å². The van der Waals surface area contributed by atoms with Crippen molar-refractivity contribution in [2.45, 2.75) is 40.0 Å². The fourth-order valence-corrected chi connectivity index (χ4v) is 0.558. The molecule has 0 saturated heterocycles. The van der Waals surface area contributed by atoms with Crippen LogP contribution in [-0.2, 0) is 0 Å². The summed E-state index contributed by atoms with van der Waals surface area (Å²) in [6, 6.07) is 0. The maximum absolute atomic E-state index is 8.52. The summed E-state index contributed by atoms with van der Waals surface area (Å²) < 4.78 is 0. The molecule has 0 aromatic heterocycles. The van der Waals surface area contributed by atoms with Gasteiger partial charge in [0.15, 0.2) is 0 Å². The van der Waals surface area contributed by atoms with E-state index in [0.717, 1.165) is 19.4 Å². The summed E-state index contributed by atoms with van der Waals surface area (Å²) in [6.07, 6.45) is 3.33. The fourth-order valence-electron chi connectivity index (χ4n) is 0.558. The quantitative estimate of drug-likeness (QED) is 0.660. The van der Waals surface area contributed by atoms with Crippen molar-refractivity contribution >= 4 is 0 Å². The third-order valence-corrected chi connectivity index (χ3v) is 1.21. The number of aliphatic hydroxyl groups is 1. The third kappa shape index (κ3) is 17.8. The van der Waals surface area contributed by atoms with Crippen molar-refractivity contribution in [3.63, 3.8) is 0 Å². The highest BCUT2D eigenvalue weighted by molar-refractivity contribution is 4.49. The summed E-state index contributed by atoms with van der Waals surface area (Å²) in [5.74, 6) is 0.429. The molecule has 0 spiro atoms. The SMILES string of the molecule is CC(CO)CCCN.CCC. The monoisotopic (exact) mass is 161 g/mol. The number of aliphatic hydroxyl groups excluding tert-OH is 1. The summed E-state index contributed by atoms with van der Waals surface area (Å²) >= 11 is 0. The van der Waals surface area contributed by atoms with Gasteiger partial charge in [0.05, 0.1) is 0 Å². The average Bonchev–Trinajstić information content (AvgIpc) is 2.02. The van der Waals surface area contributed by atoms with E-state index < -0.39 is 0 Å². The van der Waals surface area contributed by atoms with Gasteiger partial charge in [0.2, 0.25) is 0 Å². The Morgan fingerprint density at radius 3 is 2.09 bits per heavy atom. The van der Waals surface area contributed by atoms with Crippen LogP contribution < -0.4 is 5.73 Å². The second-order valence-electron chi connectivity index (χ2n) is 2.93. The van der Waals surface area contributed by atoms with Gasteiger partial charge >= 0.3 is 0 Å². The Balaban J connectivity index is 0. The summed E-state index contributed by atoms with van der Waals surface area (Å²) in [5.41, 5.74) is 5.25. The number of hydrogen-bond donors (Lipinski definition) is 2. The van der Waals surface area contributed by atoms with Crippen LogP contribution in [0.15, 0.2) is 0 Å². The van der Waals surface area contributed by atoms with Crippen molar-refractivity contribution in [3.8, 4) is 0 Å². The molecule has 2 heteroatoms. The Morgan fingerprint density at radius 2 is 1.82 bits per heavy atom. The second kappa shape index (κ2) is 12.6. The van der Waals surface area contributed by atoms with E-state index >= 15 is 0 Å². The lowest BCUT2D eigenvalue weighted by molar-refractivity contribution is 0.229. The number of rotatable bonds is 4. The Hall–Kier alpha value is -0.0800. The minimum atomic E-state index is 0.292. The normalized spacial score (nSPS) is 11.7. The van der Waals surface area contributed by atoms with Crippen LogP contribution in [0.4, 0.5) is 0 Å². The Morgan fingerprint density at radius 1 is 1.36 bits per heavy atom. The zero-order chi connectivity index (χ0) is 9.11. The van der Waals surface area contributed by atoms with Gasteiger partial charge in [0, 0.05) is 6.61 Å². The molecule has 0 aliphatic carbocycles. The van der Waals surface area contributed by atoms with Crippen molar-refractivity contribution in [1.82, 2.24) is 0 Å². The molecule has 0 fully saturated rings. The molecule has 70 valence electrons. The van der Waals surface area contributed by atoms with Gasteiger partial charge in [-0.05, 0) is 25.3 Å². The smallest absolute Gasteiger partial charge is 0.0456 e. The number of nitrogens with two attached hydrogens (primary N) is 1. The van der Waals surface area contributed by atoms with Gasteiger partial charge in [-0.25, -0.2) is 0 Å². The molecule has 0 aromatic rings. The molecule has 1 unspecified atom stereocenters. The van der Waals surface area contributed by atoms with E-state index in [-0.39, 0.29) is 0 Å². The van der Waals surface area contributed by atoms with Crippen LogP contribution in [0, 0.1) is 5.92 Å². The molecular formula is C9H23NO. The van der Waals surface area contributed by atoms with Crippen molar-refractivity contribution in [2.24, 2.45) is 11.7 Å². The molecule has 0 heterocycles. The van der Waals surface area contributed by atoms with Gasteiger partial charge in [-0.3, -0.25) is 0 Å². The Bertz CT molecular complexity index is 57.5. The molecule has 0 rings (SSSR count). The molecule has 0 aliphatic rings. The molecule has 1 atom stereocenters. The zero-order valence-corrected chi connectivity index (χ0v) is 8.14. The van der Waals surface area contributed by atoms with Crippen molar-refractivity contribution in [1.29, 1.82) is 0 Å². The van der Waals surface area contributed by atoms with Crippen LogP contribution in [0.2, 0.25) is 0 Å². The lowest BCUT2D eigenvalue weighted by Gasteiger charge is -2.03. The predicted molar refractivity (Wildman–Crippen MR) is 50.5 cm³/mol. The lowest BCUT2D eigenvalue weighted by atomic mass is 10.1. The summed E-state index contributed by atoms with van der Waals surface area (Å²) in [4.78, 5) is 0.